The summed E-state index contributed by atoms with van der Waals surface area (Å²) >= 11 is 0. The second kappa shape index (κ2) is 6.89. The van der Waals surface area contributed by atoms with Gasteiger partial charge in [-0.2, -0.15) is 5.26 Å². The summed E-state index contributed by atoms with van der Waals surface area (Å²) in [5, 5.41) is 19.2. The van der Waals surface area contributed by atoms with Crippen LogP contribution in [0.1, 0.15) is 22.8 Å². The molecule has 1 N–H and O–H groups in total. The number of hydrogen-bond acceptors (Lipinski definition) is 5. The smallest absolute Gasteiger partial charge is 0.342 e. The van der Waals surface area contributed by atoms with Crippen LogP contribution >= 0.6 is 0 Å². The molecule has 0 aliphatic rings. The first-order valence-corrected chi connectivity index (χ1v) is 7.68. The van der Waals surface area contributed by atoms with Crippen molar-refractivity contribution in [2.24, 2.45) is 0 Å². The van der Waals surface area contributed by atoms with Crippen molar-refractivity contribution in [3.05, 3.63) is 66.1 Å². The Labute approximate surface area is 144 Å². The Balaban J connectivity index is 2.06. The molecule has 0 atom stereocenters. The summed E-state index contributed by atoms with van der Waals surface area (Å²) in [6.07, 6.45) is 4.59. The lowest BCUT2D eigenvalue weighted by Crippen LogP contribution is -2.07. The zero-order valence-electron chi connectivity index (χ0n) is 13.5. The van der Waals surface area contributed by atoms with Crippen molar-refractivity contribution < 1.29 is 14.6 Å². The van der Waals surface area contributed by atoms with Gasteiger partial charge in [-0.25, -0.2) is 9.78 Å². The van der Waals surface area contributed by atoms with Gasteiger partial charge in [0.15, 0.2) is 0 Å². The van der Waals surface area contributed by atoms with Crippen molar-refractivity contribution in [3.63, 3.8) is 0 Å². The third-order valence-corrected chi connectivity index (χ3v) is 3.66. The van der Waals surface area contributed by atoms with E-state index in [0.717, 1.165) is 11.1 Å². The van der Waals surface area contributed by atoms with Crippen LogP contribution in [0.15, 0.2) is 55.0 Å². The fourth-order valence-electron chi connectivity index (χ4n) is 2.47. The molecule has 0 spiro atoms. The second-order valence-electron chi connectivity index (χ2n) is 5.25. The summed E-state index contributed by atoms with van der Waals surface area (Å²) in [4.78, 5) is 16.1. The molecule has 3 aromatic rings. The van der Waals surface area contributed by atoms with Crippen molar-refractivity contribution in [1.29, 1.82) is 5.26 Å². The lowest BCUT2D eigenvalue weighted by molar-refractivity contribution is 0.0523. The average molecular weight is 333 g/mol. The van der Waals surface area contributed by atoms with E-state index >= 15 is 0 Å². The Morgan fingerprint density at radius 2 is 2.08 bits per heavy atom. The Kier molecular flexibility index (Phi) is 4.48. The third-order valence-electron chi connectivity index (χ3n) is 3.66. The topological polar surface area (TPSA) is 88.1 Å². The van der Waals surface area contributed by atoms with Gasteiger partial charge in [-0.3, -0.25) is 0 Å². The van der Waals surface area contributed by atoms with Gasteiger partial charge in [-0.05, 0) is 18.6 Å². The van der Waals surface area contributed by atoms with E-state index in [1.807, 2.05) is 30.3 Å². The van der Waals surface area contributed by atoms with Crippen molar-refractivity contribution >= 4 is 5.97 Å². The summed E-state index contributed by atoms with van der Waals surface area (Å²) in [5.41, 5.74) is 2.18. The largest absolute Gasteiger partial charge is 0.505 e. The molecular formula is C19H15N3O3. The van der Waals surface area contributed by atoms with Crippen LogP contribution in [-0.2, 0) is 4.74 Å². The molecule has 0 aliphatic heterocycles. The molecule has 2 aromatic heterocycles. The predicted octanol–water partition coefficient (Wildman–Crippen LogP) is 3.29. The number of aromatic hydroxyl groups is 1. The summed E-state index contributed by atoms with van der Waals surface area (Å²) in [6, 6.07) is 13.1. The number of ether oxygens (including phenoxy) is 1. The number of nitrogens with zero attached hydrogens (tertiary/aromatic N) is 3. The molecule has 6 heteroatoms. The van der Waals surface area contributed by atoms with E-state index in [0.29, 0.717) is 11.4 Å². The van der Waals surface area contributed by atoms with E-state index in [4.69, 9.17) is 4.74 Å². The molecule has 0 amide bonds. The van der Waals surface area contributed by atoms with Gasteiger partial charge in [0.2, 0.25) is 0 Å². The zero-order chi connectivity index (χ0) is 17.8. The van der Waals surface area contributed by atoms with Crippen LogP contribution in [0, 0.1) is 11.3 Å². The molecular weight excluding hydrogens is 318 g/mol. The van der Waals surface area contributed by atoms with Gasteiger partial charge >= 0.3 is 5.97 Å². The molecule has 0 bridgehead atoms. The average Bonchev–Trinajstić information content (AvgIpc) is 3.07. The van der Waals surface area contributed by atoms with Crippen LogP contribution in [0.2, 0.25) is 0 Å². The Bertz CT molecular complexity index is 956. The maximum atomic E-state index is 11.9. The summed E-state index contributed by atoms with van der Waals surface area (Å²) in [7, 11) is 0. The minimum atomic E-state index is -0.625. The highest BCUT2D eigenvalue weighted by atomic mass is 16.5. The molecule has 2 heterocycles. The van der Waals surface area contributed by atoms with Crippen LogP contribution in [0.3, 0.4) is 0 Å². The first-order chi connectivity index (χ1) is 12.1. The second-order valence-corrected chi connectivity index (χ2v) is 5.25. The van der Waals surface area contributed by atoms with Gasteiger partial charge in [-0.1, -0.05) is 30.3 Å². The molecule has 0 fully saturated rings. The number of benzene rings is 1. The standard InChI is InChI=1S/C19H15N3O3/c1-2-25-19(24)15-8-18(21-10-17(15)23)22-11-14(9-20)16(12-22)13-6-4-3-5-7-13/h3-8,10-12,23H,2H2,1H3. The molecule has 25 heavy (non-hydrogen) atoms. The van der Waals surface area contributed by atoms with Gasteiger partial charge in [0.25, 0.3) is 0 Å². The Morgan fingerprint density at radius 1 is 1.32 bits per heavy atom. The van der Waals surface area contributed by atoms with Crippen LogP contribution in [0.4, 0.5) is 0 Å². The molecule has 0 radical (unpaired) electrons. The van der Waals surface area contributed by atoms with E-state index in [-0.39, 0.29) is 17.9 Å². The van der Waals surface area contributed by atoms with Crippen molar-refractivity contribution in [2.75, 3.05) is 6.61 Å². The first-order valence-electron chi connectivity index (χ1n) is 7.68. The lowest BCUT2D eigenvalue weighted by atomic mass is 10.1. The maximum absolute atomic E-state index is 11.9. The number of carbonyl (C=O) groups excluding carboxylic acids is 1. The monoisotopic (exact) mass is 333 g/mol. The van der Waals surface area contributed by atoms with Crippen molar-refractivity contribution in [1.82, 2.24) is 9.55 Å². The fraction of sp³-hybridized carbons (Fsp3) is 0.105. The molecule has 0 aliphatic carbocycles. The van der Waals surface area contributed by atoms with E-state index < -0.39 is 5.97 Å². The van der Waals surface area contributed by atoms with Gasteiger partial charge in [0.05, 0.1) is 18.4 Å². The molecule has 0 unspecified atom stereocenters. The van der Waals surface area contributed by atoms with Gasteiger partial charge in [-0.15, -0.1) is 0 Å². The molecule has 6 nitrogen and oxygen atoms in total. The zero-order valence-corrected chi connectivity index (χ0v) is 13.5. The molecule has 0 saturated heterocycles. The van der Waals surface area contributed by atoms with Gasteiger partial charge < -0.3 is 14.4 Å². The predicted molar refractivity (Wildman–Crippen MR) is 91.3 cm³/mol. The quantitative estimate of drug-likeness (QED) is 0.740. The summed E-state index contributed by atoms with van der Waals surface area (Å²) < 4.78 is 6.57. The van der Waals surface area contributed by atoms with E-state index in [1.54, 1.807) is 23.9 Å². The number of carbonyl (C=O) groups is 1. The van der Waals surface area contributed by atoms with E-state index in [2.05, 4.69) is 11.1 Å². The summed E-state index contributed by atoms with van der Waals surface area (Å²) in [6.45, 7) is 1.89. The highest BCUT2D eigenvalue weighted by Crippen LogP contribution is 2.27. The SMILES string of the molecule is CCOC(=O)c1cc(-n2cc(C#N)c(-c3ccccc3)c2)ncc1O. The molecule has 3 rings (SSSR count). The number of hydrogen-bond donors (Lipinski definition) is 1. The Hall–Kier alpha value is -3.59. The molecule has 0 saturated carbocycles. The van der Waals surface area contributed by atoms with Crippen LogP contribution < -0.4 is 0 Å². The number of aromatic nitrogens is 2. The third kappa shape index (κ3) is 3.21. The summed E-state index contributed by atoms with van der Waals surface area (Å²) in [5.74, 6) is -0.475. The van der Waals surface area contributed by atoms with Gasteiger partial charge in [0.1, 0.15) is 23.2 Å². The van der Waals surface area contributed by atoms with Crippen molar-refractivity contribution in [2.45, 2.75) is 6.92 Å². The Morgan fingerprint density at radius 3 is 2.76 bits per heavy atom. The number of nitriles is 1. The van der Waals surface area contributed by atoms with Crippen molar-refractivity contribution in [3.8, 4) is 28.8 Å². The molecule has 124 valence electrons. The normalized spacial score (nSPS) is 10.2. The highest BCUT2D eigenvalue weighted by Gasteiger charge is 2.16. The lowest BCUT2D eigenvalue weighted by Gasteiger charge is -2.07. The highest BCUT2D eigenvalue weighted by molar-refractivity contribution is 5.92. The molecule has 1 aromatic carbocycles. The fourth-order valence-corrected chi connectivity index (χ4v) is 2.47. The maximum Gasteiger partial charge on any atom is 0.342 e. The number of rotatable bonds is 4. The van der Waals surface area contributed by atoms with Crippen LogP contribution in [0.5, 0.6) is 5.75 Å². The minimum Gasteiger partial charge on any atom is -0.505 e. The van der Waals surface area contributed by atoms with Crippen LogP contribution in [-0.4, -0.2) is 27.2 Å². The first kappa shape index (κ1) is 16.3. The number of pyridine rings is 1. The van der Waals surface area contributed by atoms with Gasteiger partial charge in [0, 0.05) is 18.0 Å². The van der Waals surface area contributed by atoms with Crippen LogP contribution in [0.25, 0.3) is 16.9 Å². The van der Waals surface area contributed by atoms with E-state index in [1.165, 1.54) is 12.3 Å². The number of esters is 1. The minimum absolute atomic E-state index is 0.0281. The van der Waals surface area contributed by atoms with E-state index in [9.17, 15) is 15.2 Å².